The number of hydrogen-bond acceptors (Lipinski definition) is 2. The first-order valence-corrected chi connectivity index (χ1v) is 7.01. The maximum Gasteiger partial charge on any atom is 0.246 e. The summed E-state index contributed by atoms with van der Waals surface area (Å²) in [4.78, 5) is 26.2. The largest absolute Gasteiger partial charge is 0.342 e. The number of hydrogen-bond donors (Lipinski definition) is 1. The van der Waals surface area contributed by atoms with Crippen LogP contribution in [0.5, 0.6) is 0 Å². The van der Waals surface area contributed by atoms with Gasteiger partial charge in [0, 0.05) is 6.54 Å². The molecule has 3 aliphatic rings. The Bertz CT molecular complexity index is 401. The monoisotopic (exact) mass is 250 g/mol. The summed E-state index contributed by atoms with van der Waals surface area (Å²) < 4.78 is 0. The summed E-state index contributed by atoms with van der Waals surface area (Å²) in [5.41, 5.74) is 0.350. The second-order valence-corrected chi connectivity index (χ2v) is 6.88. The molecule has 2 saturated carbocycles. The highest BCUT2D eigenvalue weighted by atomic mass is 16.2. The standard InChI is InChI=1S/C14H22N2O2/c1-8-12(17)15-11(9-4-5-9)13(18)16(8)7-10-6-14(10,2)3/h8-11H,4-7H2,1-3H3,(H,15,17). The minimum Gasteiger partial charge on any atom is -0.342 e. The zero-order valence-corrected chi connectivity index (χ0v) is 11.4. The summed E-state index contributed by atoms with van der Waals surface area (Å²) in [5, 5.41) is 2.89. The van der Waals surface area contributed by atoms with Crippen LogP contribution in [0.4, 0.5) is 0 Å². The zero-order chi connectivity index (χ0) is 13.1. The van der Waals surface area contributed by atoms with Gasteiger partial charge in [-0.25, -0.2) is 0 Å². The highest BCUT2D eigenvalue weighted by molar-refractivity contribution is 5.97. The van der Waals surface area contributed by atoms with Crippen molar-refractivity contribution in [1.29, 1.82) is 0 Å². The van der Waals surface area contributed by atoms with Crippen molar-refractivity contribution in [2.75, 3.05) is 6.54 Å². The van der Waals surface area contributed by atoms with Crippen LogP contribution in [-0.2, 0) is 9.59 Å². The van der Waals surface area contributed by atoms with Crippen LogP contribution in [0, 0.1) is 17.3 Å². The summed E-state index contributed by atoms with van der Waals surface area (Å²) >= 11 is 0. The molecule has 2 amide bonds. The third-order valence-electron chi connectivity index (χ3n) is 4.92. The molecule has 100 valence electrons. The van der Waals surface area contributed by atoms with Gasteiger partial charge in [0.25, 0.3) is 0 Å². The molecule has 3 unspecified atom stereocenters. The first-order chi connectivity index (χ1) is 8.40. The Hall–Kier alpha value is -1.06. The third kappa shape index (κ3) is 1.91. The third-order valence-corrected chi connectivity index (χ3v) is 4.92. The number of nitrogens with one attached hydrogen (secondary N) is 1. The second kappa shape index (κ2) is 3.72. The van der Waals surface area contributed by atoms with Gasteiger partial charge in [-0.3, -0.25) is 9.59 Å². The molecule has 18 heavy (non-hydrogen) atoms. The van der Waals surface area contributed by atoms with Gasteiger partial charge in [-0.15, -0.1) is 0 Å². The Morgan fingerprint density at radius 1 is 1.33 bits per heavy atom. The van der Waals surface area contributed by atoms with E-state index in [1.807, 2.05) is 11.8 Å². The SMILES string of the molecule is CC1C(=O)NC(C2CC2)C(=O)N1CC1CC1(C)C. The highest BCUT2D eigenvalue weighted by Gasteiger charge is 2.51. The van der Waals surface area contributed by atoms with Gasteiger partial charge in [-0.2, -0.15) is 0 Å². The lowest BCUT2D eigenvalue weighted by Gasteiger charge is -2.38. The Morgan fingerprint density at radius 2 is 1.94 bits per heavy atom. The van der Waals surface area contributed by atoms with E-state index in [2.05, 4.69) is 19.2 Å². The maximum atomic E-state index is 12.4. The molecular formula is C14H22N2O2. The van der Waals surface area contributed by atoms with E-state index in [0.717, 1.165) is 19.4 Å². The molecule has 0 spiro atoms. The predicted molar refractivity (Wildman–Crippen MR) is 67.7 cm³/mol. The molecule has 0 radical (unpaired) electrons. The van der Waals surface area contributed by atoms with Crippen LogP contribution in [0.15, 0.2) is 0 Å². The molecule has 3 fully saturated rings. The van der Waals surface area contributed by atoms with E-state index >= 15 is 0 Å². The number of piperazine rings is 1. The van der Waals surface area contributed by atoms with Gasteiger partial charge in [-0.05, 0) is 43.4 Å². The minimum absolute atomic E-state index is 0.0185. The molecule has 4 nitrogen and oxygen atoms in total. The molecule has 4 heteroatoms. The normalized spacial score (nSPS) is 38.6. The lowest BCUT2D eigenvalue weighted by atomic mass is 10.0. The van der Waals surface area contributed by atoms with Gasteiger partial charge in [-0.1, -0.05) is 13.8 Å². The van der Waals surface area contributed by atoms with Crippen LogP contribution in [0.1, 0.15) is 40.0 Å². The van der Waals surface area contributed by atoms with E-state index < -0.39 is 0 Å². The first kappa shape index (κ1) is 12.0. The van der Waals surface area contributed by atoms with E-state index in [1.54, 1.807) is 0 Å². The number of amides is 2. The second-order valence-electron chi connectivity index (χ2n) is 6.88. The van der Waals surface area contributed by atoms with Gasteiger partial charge < -0.3 is 10.2 Å². The van der Waals surface area contributed by atoms with Crippen LogP contribution in [0.25, 0.3) is 0 Å². The minimum atomic E-state index is -0.302. The van der Waals surface area contributed by atoms with Crippen LogP contribution < -0.4 is 5.32 Å². The maximum absolute atomic E-state index is 12.4. The summed E-state index contributed by atoms with van der Waals surface area (Å²) in [5.74, 6) is 1.12. The molecule has 1 N–H and O–H groups in total. The summed E-state index contributed by atoms with van der Waals surface area (Å²) in [6.45, 7) is 7.06. The molecule has 0 aromatic heterocycles. The van der Waals surface area contributed by atoms with E-state index in [4.69, 9.17) is 0 Å². The first-order valence-electron chi connectivity index (χ1n) is 7.01. The number of nitrogens with zero attached hydrogens (tertiary/aromatic N) is 1. The molecule has 3 atom stereocenters. The van der Waals surface area contributed by atoms with Crippen molar-refractivity contribution in [3.8, 4) is 0 Å². The van der Waals surface area contributed by atoms with E-state index in [1.165, 1.54) is 6.42 Å². The van der Waals surface area contributed by atoms with Crippen LogP contribution in [-0.4, -0.2) is 35.3 Å². The van der Waals surface area contributed by atoms with Crippen molar-refractivity contribution in [2.45, 2.75) is 52.1 Å². The fourth-order valence-corrected chi connectivity index (χ4v) is 2.97. The molecule has 1 aliphatic heterocycles. The lowest BCUT2D eigenvalue weighted by Crippen LogP contribution is -2.63. The van der Waals surface area contributed by atoms with Crippen molar-refractivity contribution >= 4 is 11.8 Å². The van der Waals surface area contributed by atoms with Gasteiger partial charge >= 0.3 is 0 Å². The van der Waals surface area contributed by atoms with Crippen molar-refractivity contribution in [3.05, 3.63) is 0 Å². The molecule has 3 rings (SSSR count). The summed E-state index contributed by atoms with van der Waals surface area (Å²) in [6.07, 6.45) is 3.32. The molecule has 0 aromatic carbocycles. The number of carbonyl (C=O) groups excluding carboxylic acids is 2. The van der Waals surface area contributed by atoms with Crippen molar-refractivity contribution in [3.63, 3.8) is 0 Å². The number of rotatable bonds is 3. The smallest absolute Gasteiger partial charge is 0.246 e. The van der Waals surface area contributed by atoms with Crippen molar-refractivity contribution in [1.82, 2.24) is 10.2 Å². The van der Waals surface area contributed by atoms with Crippen LogP contribution in [0.3, 0.4) is 0 Å². The van der Waals surface area contributed by atoms with Crippen molar-refractivity contribution in [2.24, 2.45) is 17.3 Å². The molecule has 1 saturated heterocycles. The van der Waals surface area contributed by atoms with E-state index in [-0.39, 0.29) is 23.9 Å². The molecule has 1 heterocycles. The Morgan fingerprint density at radius 3 is 2.44 bits per heavy atom. The Kier molecular flexibility index (Phi) is 2.48. The fraction of sp³-hybridized carbons (Fsp3) is 0.857. The van der Waals surface area contributed by atoms with Crippen LogP contribution in [0.2, 0.25) is 0 Å². The lowest BCUT2D eigenvalue weighted by molar-refractivity contribution is -0.149. The topological polar surface area (TPSA) is 49.4 Å². The average molecular weight is 250 g/mol. The zero-order valence-electron chi connectivity index (χ0n) is 11.4. The van der Waals surface area contributed by atoms with Gasteiger partial charge in [0.15, 0.2) is 0 Å². The van der Waals surface area contributed by atoms with Crippen molar-refractivity contribution < 1.29 is 9.59 Å². The average Bonchev–Trinajstić information content (AvgIpc) is 3.18. The summed E-state index contributed by atoms with van der Waals surface area (Å²) in [7, 11) is 0. The van der Waals surface area contributed by atoms with Gasteiger partial charge in [0.2, 0.25) is 11.8 Å². The molecular weight excluding hydrogens is 228 g/mol. The highest BCUT2D eigenvalue weighted by Crippen LogP contribution is 2.52. The molecule has 0 aromatic rings. The summed E-state index contributed by atoms with van der Waals surface area (Å²) in [6, 6.07) is -0.542. The quantitative estimate of drug-likeness (QED) is 0.817. The van der Waals surface area contributed by atoms with Gasteiger partial charge in [0.1, 0.15) is 12.1 Å². The predicted octanol–water partition coefficient (Wildman–Crippen LogP) is 1.16. The number of carbonyl (C=O) groups is 2. The molecule has 0 bridgehead atoms. The Balaban J connectivity index is 1.73. The van der Waals surface area contributed by atoms with E-state index in [9.17, 15) is 9.59 Å². The Labute approximate surface area is 108 Å². The fourth-order valence-electron chi connectivity index (χ4n) is 2.97. The molecule has 2 aliphatic carbocycles. The van der Waals surface area contributed by atoms with Crippen LogP contribution >= 0.6 is 0 Å². The van der Waals surface area contributed by atoms with E-state index in [0.29, 0.717) is 17.3 Å². The van der Waals surface area contributed by atoms with Gasteiger partial charge in [0.05, 0.1) is 0 Å².